The van der Waals surface area contributed by atoms with Gasteiger partial charge in [0.2, 0.25) is 0 Å². The molecule has 0 amide bonds. The van der Waals surface area contributed by atoms with Crippen molar-refractivity contribution >= 4 is 11.8 Å². The zero-order valence-electron chi connectivity index (χ0n) is 9.76. The Kier molecular flexibility index (Phi) is 4.53. The Morgan fingerprint density at radius 1 is 1.12 bits per heavy atom. The van der Waals surface area contributed by atoms with Gasteiger partial charge in [-0.3, -0.25) is 0 Å². The van der Waals surface area contributed by atoms with Gasteiger partial charge < -0.3 is 5.32 Å². The Balaban J connectivity index is 1.82. The highest BCUT2D eigenvalue weighted by Gasteiger charge is 1.95. The first-order chi connectivity index (χ1) is 8.38. The third-order valence-corrected chi connectivity index (χ3v) is 3.18. The molecule has 0 aliphatic carbocycles. The summed E-state index contributed by atoms with van der Waals surface area (Å²) in [7, 11) is 0. The number of hydrogen-bond acceptors (Lipinski definition) is 4. The third-order valence-electron chi connectivity index (χ3n) is 2.44. The summed E-state index contributed by atoms with van der Waals surface area (Å²) in [6.45, 7) is 1.63. The smallest absolute Gasteiger partial charge is 0.115 e. The topological polar surface area (TPSA) is 37.8 Å². The van der Waals surface area contributed by atoms with Crippen LogP contribution in [0.15, 0.2) is 47.8 Å². The molecule has 0 bridgehead atoms. The summed E-state index contributed by atoms with van der Waals surface area (Å²) in [5.74, 6) is 0. The van der Waals surface area contributed by atoms with Crippen molar-refractivity contribution in [3.8, 4) is 0 Å². The Morgan fingerprint density at radius 2 is 1.94 bits per heavy atom. The van der Waals surface area contributed by atoms with E-state index in [1.54, 1.807) is 24.3 Å². The van der Waals surface area contributed by atoms with Crippen LogP contribution in [0.3, 0.4) is 0 Å². The fraction of sp³-hybridized carbons (Fsp3) is 0.231. The zero-order chi connectivity index (χ0) is 11.9. The molecule has 3 nitrogen and oxygen atoms in total. The highest BCUT2D eigenvalue weighted by molar-refractivity contribution is 7.98. The van der Waals surface area contributed by atoms with E-state index in [0.29, 0.717) is 0 Å². The van der Waals surface area contributed by atoms with Crippen LogP contribution in [0.1, 0.15) is 11.3 Å². The molecule has 1 aromatic heterocycles. The van der Waals surface area contributed by atoms with E-state index in [-0.39, 0.29) is 0 Å². The number of nitrogens with one attached hydrogen (secondary N) is 1. The molecule has 0 unspecified atom stereocenters. The molecule has 0 spiro atoms. The van der Waals surface area contributed by atoms with E-state index in [1.165, 1.54) is 10.5 Å². The molecule has 1 N–H and O–H groups in total. The summed E-state index contributed by atoms with van der Waals surface area (Å²) in [6, 6.07) is 10.5. The van der Waals surface area contributed by atoms with Crippen molar-refractivity contribution in [2.24, 2.45) is 0 Å². The normalized spacial score (nSPS) is 10.4. The van der Waals surface area contributed by atoms with Crippen LogP contribution in [-0.4, -0.2) is 16.2 Å². The minimum Gasteiger partial charge on any atom is -0.307 e. The molecule has 0 atom stereocenters. The maximum absolute atomic E-state index is 4.16. The summed E-state index contributed by atoms with van der Waals surface area (Å²) in [5, 5.41) is 3.36. The molecule has 0 aliphatic heterocycles. The van der Waals surface area contributed by atoms with E-state index in [1.807, 2.05) is 6.07 Å². The van der Waals surface area contributed by atoms with E-state index in [0.717, 1.165) is 18.8 Å². The fourth-order valence-corrected chi connectivity index (χ4v) is 1.91. The number of benzene rings is 1. The highest BCUT2D eigenvalue weighted by atomic mass is 32.2. The predicted molar refractivity (Wildman–Crippen MR) is 70.8 cm³/mol. The monoisotopic (exact) mass is 245 g/mol. The summed E-state index contributed by atoms with van der Waals surface area (Å²) in [6.07, 6.45) is 5.42. The van der Waals surface area contributed by atoms with Crippen LogP contribution in [0, 0.1) is 0 Å². The molecule has 0 fully saturated rings. The van der Waals surface area contributed by atoms with Crippen molar-refractivity contribution in [3.05, 3.63) is 54.1 Å². The standard InChI is InChI=1S/C13H15N3S/c1-17-13-4-2-11(3-5-13)8-15-9-12-6-7-14-10-16-12/h2-7,10,15H,8-9H2,1H3. The van der Waals surface area contributed by atoms with Gasteiger partial charge in [-0.1, -0.05) is 12.1 Å². The minimum absolute atomic E-state index is 0.771. The third kappa shape index (κ3) is 3.84. The van der Waals surface area contributed by atoms with Crippen LogP contribution in [-0.2, 0) is 13.1 Å². The molecule has 2 rings (SSSR count). The van der Waals surface area contributed by atoms with Crippen LogP contribution < -0.4 is 5.32 Å². The molecular formula is C13H15N3S. The molecule has 0 radical (unpaired) electrons. The van der Waals surface area contributed by atoms with Crippen molar-refractivity contribution in [1.29, 1.82) is 0 Å². The Morgan fingerprint density at radius 3 is 2.59 bits per heavy atom. The van der Waals surface area contributed by atoms with Crippen molar-refractivity contribution in [3.63, 3.8) is 0 Å². The van der Waals surface area contributed by atoms with E-state index in [2.05, 4.69) is 45.8 Å². The van der Waals surface area contributed by atoms with Crippen LogP contribution in [0.4, 0.5) is 0 Å². The second-order valence-electron chi connectivity index (χ2n) is 3.65. The largest absolute Gasteiger partial charge is 0.307 e. The van der Waals surface area contributed by atoms with Crippen LogP contribution in [0.5, 0.6) is 0 Å². The first kappa shape index (κ1) is 12.1. The average Bonchev–Trinajstić information content (AvgIpc) is 2.41. The quantitative estimate of drug-likeness (QED) is 0.821. The van der Waals surface area contributed by atoms with Gasteiger partial charge in [0.05, 0.1) is 5.69 Å². The molecule has 88 valence electrons. The van der Waals surface area contributed by atoms with Crippen LogP contribution in [0.25, 0.3) is 0 Å². The number of thioether (sulfide) groups is 1. The van der Waals surface area contributed by atoms with Gasteiger partial charge in [-0.15, -0.1) is 11.8 Å². The summed E-state index contributed by atoms with van der Waals surface area (Å²) in [5.41, 5.74) is 2.30. The Bertz CT molecular complexity index is 442. The van der Waals surface area contributed by atoms with Crippen molar-refractivity contribution in [2.75, 3.05) is 6.26 Å². The number of rotatable bonds is 5. The van der Waals surface area contributed by atoms with Crippen molar-refractivity contribution in [1.82, 2.24) is 15.3 Å². The summed E-state index contributed by atoms with van der Waals surface area (Å²) in [4.78, 5) is 9.35. The van der Waals surface area contributed by atoms with Gasteiger partial charge in [-0.25, -0.2) is 9.97 Å². The van der Waals surface area contributed by atoms with Gasteiger partial charge in [0, 0.05) is 24.2 Å². The van der Waals surface area contributed by atoms with Gasteiger partial charge in [0.25, 0.3) is 0 Å². The summed E-state index contributed by atoms with van der Waals surface area (Å²) < 4.78 is 0. The average molecular weight is 245 g/mol. The Hall–Kier alpha value is -1.39. The molecule has 0 saturated carbocycles. The molecule has 0 saturated heterocycles. The van der Waals surface area contributed by atoms with Crippen LogP contribution in [0.2, 0.25) is 0 Å². The van der Waals surface area contributed by atoms with E-state index >= 15 is 0 Å². The highest BCUT2D eigenvalue weighted by Crippen LogP contribution is 2.14. The lowest BCUT2D eigenvalue weighted by molar-refractivity contribution is 0.677. The Labute approximate surface area is 106 Å². The fourth-order valence-electron chi connectivity index (χ4n) is 1.50. The van der Waals surface area contributed by atoms with E-state index in [9.17, 15) is 0 Å². The van der Waals surface area contributed by atoms with Gasteiger partial charge in [0.1, 0.15) is 6.33 Å². The molecule has 1 heterocycles. The van der Waals surface area contributed by atoms with Gasteiger partial charge in [-0.05, 0) is 30.0 Å². The molecule has 2 aromatic rings. The number of aromatic nitrogens is 2. The molecule has 4 heteroatoms. The summed E-state index contributed by atoms with van der Waals surface area (Å²) >= 11 is 1.76. The van der Waals surface area contributed by atoms with Gasteiger partial charge in [-0.2, -0.15) is 0 Å². The van der Waals surface area contributed by atoms with Gasteiger partial charge in [0.15, 0.2) is 0 Å². The SMILES string of the molecule is CSc1ccc(CNCc2ccncn2)cc1. The maximum Gasteiger partial charge on any atom is 0.115 e. The lowest BCUT2D eigenvalue weighted by Gasteiger charge is -2.05. The van der Waals surface area contributed by atoms with E-state index < -0.39 is 0 Å². The maximum atomic E-state index is 4.16. The molecular weight excluding hydrogens is 230 g/mol. The zero-order valence-corrected chi connectivity index (χ0v) is 10.6. The van der Waals surface area contributed by atoms with Crippen molar-refractivity contribution < 1.29 is 0 Å². The molecule has 0 aliphatic rings. The minimum atomic E-state index is 0.771. The van der Waals surface area contributed by atoms with E-state index in [4.69, 9.17) is 0 Å². The van der Waals surface area contributed by atoms with Gasteiger partial charge >= 0.3 is 0 Å². The first-order valence-corrected chi connectivity index (χ1v) is 6.69. The predicted octanol–water partition coefficient (Wildman–Crippen LogP) is 2.49. The lowest BCUT2D eigenvalue weighted by Crippen LogP contribution is -2.13. The molecule has 1 aromatic carbocycles. The van der Waals surface area contributed by atoms with Crippen molar-refractivity contribution in [2.45, 2.75) is 18.0 Å². The number of nitrogens with zero attached hydrogens (tertiary/aromatic N) is 2. The lowest BCUT2D eigenvalue weighted by atomic mass is 10.2. The number of hydrogen-bond donors (Lipinski definition) is 1. The second-order valence-corrected chi connectivity index (χ2v) is 4.53. The van der Waals surface area contributed by atoms with Crippen LogP contribution >= 0.6 is 11.8 Å². The second kappa shape index (κ2) is 6.37. The molecule has 17 heavy (non-hydrogen) atoms. The first-order valence-electron chi connectivity index (χ1n) is 5.47.